The number of nitrogens with one attached hydrogen (secondary N) is 1. The van der Waals surface area contributed by atoms with Gasteiger partial charge in [-0.15, -0.1) is 0 Å². The average Bonchev–Trinajstić information content (AvgIpc) is 2.39. The Hall–Kier alpha value is -1.67. The van der Waals surface area contributed by atoms with Gasteiger partial charge in [-0.25, -0.2) is 0 Å². The Kier molecular flexibility index (Phi) is 4.48. The molecule has 2 nitrogen and oxygen atoms in total. The van der Waals surface area contributed by atoms with Crippen molar-refractivity contribution in [2.75, 3.05) is 7.05 Å². The van der Waals surface area contributed by atoms with Gasteiger partial charge in [-0.1, -0.05) is 29.8 Å². The van der Waals surface area contributed by atoms with Crippen LogP contribution in [0.15, 0.2) is 48.8 Å². The molecule has 0 aliphatic rings. The molecule has 1 heterocycles. The summed E-state index contributed by atoms with van der Waals surface area (Å²) in [6, 6.07) is 13.4. The molecule has 0 bridgehead atoms. The molecule has 0 aliphatic carbocycles. The molecule has 0 spiro atoms. The van der Waals surface area contributed by atoms with Crippen molar-refractivity contribution in [3.63, 3.8) is 0 Å². The fourth-order valence-electron chi connectivity index (χ4n) is 2.20. The number of likely N-dealkylation sites (N-methyl/N-ethyl adjacent to an activating group) is 1. The minimum absolute atomic E-state index is 0.467. The molecule has 1 aromatic heterocycles. The summed E-state index contributed by atoms with van der Waals surface area (Å²) in [4.78, 5) is 4.05. The van der Waals surface area contributed by atoms with Gasteiger partial charge in [0.25, 0.3) is 0 Å². The Morgan fingerprint density at radius 3 is 2.44 bits per heavy atom. The van der Waals surface area contributed by atoms with E-state index >= 15 is 0 Å². The molecule has 0 fully saturated rings. The van der Waals surface area contributed by atoms with Gasteiger partial charge in [0.15, 0.2) is 0 Å². The fraction of sp³-hybridized carbons (Fsp3) is 0.312. The summed E-state index contributed by atoms with van der Waals surface area (Å²) in [5.74, 6) is 0. The van der Waals surface area contributed by atoms with Crippen LogP contribution in [0.2, 0.25) is 0 Å². The van der Waals surface area contributed by atoms with Crippen LogP contribution in [0, 0.1) is 6.92 Å². The zero-order valence-corrected chi connectivity index (χ0v) is 11.1. The van der Waals surface area contributed by atoms with Gasteiger partial charge in [0.1, 0.15) is 0 Å². The molecule has 1 atom stereocenters. The summed E-state index contributed by atoms with van der Waals surface area (Å²) in [7, 11) is 2.03. The lowest BCUT2D eigenvalue weighted by Crippen LogP contribution is -2.29. The van der Waals surface area contributed by atoms with Crippen molar-refractivity contribution in [1.29, 1.82) is 0 Å². The van der Waals surface area contributed by atoms with Gasteiger partial charge in [0.05, 0.1) is 0 Å². The van der Waals surface area contributed by atoms with E-state index in [4.69, 9.17) is 0 Å². The second-order valence-electron chi connectivity index (χ2n) is 4.74. The normalized spacial score (nSPS) is 12.3. The standard InChI is InChI=1S/C16H20N2/c1-13-4-3-5-15(10-13)12-16(17-2)11-14-6-8-18-9-7-14/h3-10,16-17H,11-12H2,1-2H3. The molecule has 2 rings (SSSR count). The minimum Gasteiger partial charge on any atom is -0.316 e. The molecule has 2 aromatic rings. The molecular formula is C16H20N2. The first-order valence-electron chi connectivity index (χ1n) is 6.39. The SMILES string of the molecule is CNC(Cc1ccncc1)Cc1cccc(C)c1. The summed E-state index contributed by atoms with van der Waals surface area (Å²) in [6.07, 6.45) is 5.80. The van der Waals surface area contributed by atoms with Crippen molar-refractivity contribution in [3.05, 3.63) is 65.5 Å². The van der Waals surface area contributed by atoms with Crippen molar-refractivity contribution in [1.82, 2.24) is 10.3 Å². The maximum atomic E-state index is 4.05. The van der Waals surface area contributed by atoms with E-state index < -0.39 is 0 Å². The van der Waals surface area contributed by atoms with E-state index in [1.807, 2.05) is 19.4 Å². The van der Waals surface area contributed by atoms with Crippen LogP contribution in [0.4, 0.5) is 0 Å². The monoisotopic (exact) mass is 240 g/mol. The minimum atomic E-state index is 0.467. The van der Waals surface area contributed by atoms with E-state index in [1.54, 1.807) is 0 Å². The van der Waals surface area contributed by atoms with Gasteiger partial charge in [-0.2, -0.15) is 0 Å². The number of hydrogen-bond donors (Lipinski definition) is 1. The highest BCUT2D eigenvalue weighted by atomic mass is 14.9. The first-order chi connectivity index (χ1) is 8.78. The Morgan fingerprint density at radius 2 is 1.78 bits per heavy atom. The van der Waals surface area contributed by atoms with Crippen LogP contribution in [0.3, 0.4) is 0 Å². The molecule has 0 radical (unpaired) electrons. The van der Waals surface area contributed by atoms with Crippen LogP contribution < -0.4 is 5.32 Å². The summed E-state index contributed by atoms with van der Waals surface area (Å²) in [6.45, 7) is 2.14. The lowest BCUT2D eigenvalue weighted by atomic mass is 9.99. The lowest BCUT2D eigenvalue weighted by molar-refractivity contribution is 0.556. The number of benzene rings is 1. The zero-order chi connectivity index (χ0) is 12.8. The third-order valence-corrected chi connectivity index (χ3v) is 3.20. The number of hydrogen-bond acceptors (Lipinski definition) is 2. The van der Waals surface area contributed by atoms with Crippen LogP contribution in [-0.4, -0.2) is 18.1 Å². The maximum Gasteiger partial charge on any atom is 0.0270 e. The van der Waals surface area contributed by atoms with Crippen LogP contribution in [0.25, 0.3) is 0 Å². The number of nitrogens with zero attached hydrogens (tertiary/aromatic N) is 1. The van der Waals surface area contributed by atoms with Crippen LogP contribution in [-0.2, 0) is 12.8 Å². The largest absolute Gasteiger partial charge is 0.316 e. The summed E-state index contributed by atoms with van der Waals surface area (Å²) >= 11 is 0. The highest BCUT2D eigenvalue weighted by Gasteiger charge is 2.08. The fourth-order valence-corrected chi connectivity index (χ4v) is 2.20. The molecule has 1 N–H and O–H groups in total. The smallest absolute Gasteiger partial charge is 0.0270 e. The van der Waals surface area contributed by atoms with Gasteiger partial charge in [-0.05, 0) is 50.1 Å². The predicted molar refractivity (Wildman–Crippen MR) is 75.7 cm³/mol. The van der Waals surface area contributed by atoms with E-state index in [2.05, 4.69) is 53.6 Å². The van der Waals surface area contributed by atoms with Crippen LogP contribution >= 0.6 is 0 Å². The number of aromatic nitrogens is 1. The molecule has 1 aromatic carbocycles. The van der Waals surface area contributed by atoms with Crippen molar-refractivity contribution < 1.29 is 0 Å². The Bertz CT molecular complexity index is 479. The topological polar surface area (TPSA) is 24.9 Å². The Morgan fingerprint density at radius 1 is 1.06 bits per heavy atom. The van der Waals surface area contributed by atoms with Crippen molar-refractivity contribution in [2.45, 2.75) is 25.8 Å². The third kappa shape index (κ3) is 3.67. The van der Waals surface area contributed by atoms with Crippen molar-refractivity contribution in [2.24, 2.45) is 0 Å². The molecule has 0 amide bonds. The van der Waals surface area contributed by atoms with Gasteiger partial charge in [-0.3, -0.25) is 4.98 Å². The Balaban J connectivity index is 2.01. The first kappa shape index (κ1) is 12.8. The second kappa shape index (κ2) is 6.31. The van der Waals surface area contributed by atoms with Crippen molar-refractivity contribution >= 4 is 0 Å². The van der Waals surface area contributed by atoms with Crippen LogP contribution in [0.5, 0.6) is 0 Å². The van der Waals surface area contributed by atoms with E-state index in [-0.39, 0.29) is 0 Å². The predicted octanol–water partition coefficient (Wildman–Crippen LogP) is 2.76. The van der Waals surface area contributed by atoms with Gasteiger partial charge in [0, 0.05) is 18.4 Å². The molecule has 0 saturated heterocycles. The molecule has 0 aliphatic heterocycles. The number of aryl methyl sites for hydroxylation is 1. The van der Waals surface area contributed by atoms with E-state index in [1.165, 1.54) is 16.7 Å². The highest BCUT2D eigenvalue weighted by Crippen LogP contribution is 2.10. The zero-order valence-electron chi connectivity index (χ0n) is 11.1. The molecule has 18 heavy (non-hydrogen) atoms. The lowest BCUT2D eigenvalue weighted by Gasteiger charge is -2.16. The summed E-state index contributed by atoms with van der Waals surface area (Å²) < 4.78 is 0. The number of pyridine rings is 1. The first-order valence-corrected chi connectivity index (χ1v) is 6.39. The molecular weight excluding hydrogens is 220 g/mol. The average molecular weight is 240 g/mol. The maximum absolute atomic E-state index is 4.05. The highest BCUT2D eigenvalue weighted by molar-refractivity contribution is 5.23. The van der Waals surface area contributed by atoms with Gasteiger partial charge in [0.2, 0.25) is 0 Å². The third-order valence-electron chi connectivity index (χ3n) is 3.20. The summed E-state index contributed by atoms with van der Waals surface area (Å²) in [5, 5.41) is 3.40. The van der Waals surface area contributed by atoms with E-state index in [0.717, 1.165) is 12.8 Å². The van der Waals surface area contributed by atoms with Gasteiger partial charge >= 0.3 is 0 Å². The Labute approximate surface area is 109 Å². The molecule has 0 saturated carbocycles. The molecule has 1 unspecified atom stereocenters. The van der Waals surface area contributed by atoms with Crippen molar-refractivity contribution in [3.8, 4) is 0 Å². The summed E-state index contributed by atoms with van der Waals surface area (Å²) in [5.41, 5.74) is 4.05. The van der Waals surface area contributed by atoms with E-state index in [0.29, 0.717) is 6.04 Å². The van der Waals surface area contributed by atoms with Gasteiger partial charge < -0.3 is 5.32 Å². The molecule has 2 heteroatoms. The second-order valence-corrected chi connectivity index (χ2v) is 4.74. The molecule has 94 valence electrons. The van der Waals surface area contributed by atoms with Crippen LogP contribution in [0.1, 0.15) is 16.7 Å². The number of rotatable bonds is 5. The quantitative estimate of drug-likeness (QED) is 0.869. The van der Waals surface area contributed by atoms with E-state index in [9.17, 15) is 0 Å².